The minimum Gasteiger partial charge on any atom is -0.406 e. The highest BCUT2D eigenvalue weighted by Gasteiger charge is 2.31. The van der Waals surface area contributed by atoms with Crippen molar-refractivity contribution in [2.45, 2.75) is 83.4 Å². The van der Waals surface area contributed by atoms with Crippen LogP contribution in [0, 0.1) is 35.0 Å². The lowest BCUT2D eigenvalue weighted by Gasteiger charge is -2.37. The first-order valence-electron chi connectivity index (χ1n) is 12.6. The molecule has 0 spiro atoms. The van der Waals surface area contributed by atoms with Gasteiger partial charge in [0.1, 0.15) is 11.8 Å². The first-order chi connectivity index (χ1) is 16.3. The average molecular weight is 478 g/mol. The Morgan fingerprint density at radius 3 is 2.15 bits per heavy atom. The molecule has 0 amide bonds. The van der Waals surface area contributed by atoms with Crippen molar-refractivity contribution in [3.8, 4) is 11.8 Å². The molecule has 0 unspecified atom stereocenters. The van der Waals surface area contributed by atoms with E-state index in [0.29, 0.717) is 5.92 Å². The van der Waals surface area contributed by atoms with E-state index in [1.54, 1.807) is 18.2 Å². The Bertz CT molecular complexity index is 837. The summed E-state index contributed by atoms with van der Waals surface area (Å²) in [6.07, 6.45) is 14.8. The van der Waals surface area contributed by atoms with E-state index in [2.05, 4.69) is 10.8 Å². The molecule has 2 aliphatic rings. The molecular weight excluding hydrogens is 442 g/mol. The van der Waals surface area contributed by atoms with E-state index >= 15 is 0 Å². The summed E-state index contributed by atoms with van der Waals surface area (Å²) < 4.78 is 53.5. The molecule has 0 aliphatic heterocycles. The number of nitriles is 1. The summed E-state index contributed by atoms with van der Waals surface area (Å²) in [5.74, 6) is 2.07. The van der Waals surface area contributed by atoms with Gasteiger partial charge in [0.15, 0.2) is 5.83 Å². The number of hydrogen-bond donors (Lipinski definition) is 0. The van der Waals surface area contributed by atoms with Crippen LogP contribution in [0.3, 0.4) is 0 Å². The molecule has 0 saturated heterocycles. The highest BCUT2D eigenvalue weighted by Crippen LogP contribution is 2.42. The molecule has 2 fully saturated rings. The molecule has 1 aromatic carbocycles. The Balaban J connectivity index is 1.28. The maximum absolute atomic E-state index is 12.9. The standard InChI is InChI=1S/C28H35F4NO/c29-26(20-33)7-3-6-23-10-16-25(17-11-23)24-14-8-21(9-15-24)4-1-2-5-22-12-18-27(19-13-22)34-28(30,31)32/h3,6-7,12-13,18-19,21,23-25H,1-2,4-5,8-11,14-17H2/b6-3+,26-7-. The second kappa shape index (κ2) is 13.0. The lowest BCUT2D eigenvalue weighted by atomic mass is 9.68. The minimum atomic E-state index is -4.64. The third-order valence-electron chi connectivity index (χ3n) is 7.59. The van der Waals surface area contributed by atoms with E-state index < -0.39 is 12.2 Å². The Hall–Kier alpha value is -2.29. The van der Waals surface area contributed by atoms with Crippen LogP contribution in [0.2, 0.25) is 0 Å². The Kier molecular flexibility index (Phi) is 10.0. The van der Waals surface area contributed by atoms with Gasteiger partial charge in [-0.25, -0.2) is 0 Å². The van der Waals surface area contributed by atoms with Crippen LogP contribution in [-0.2, 0) is 6.42 Å². The zero-order valence-corrected chi connectivity index (χ0v) is 19.7. The molecule has 0 radical (unpaired) electrons. The molecule has 0 bridgehead atoms. The largest absolute Gasteiger partial charge is 0.573 e. The van der Waals surface area contributed by atoms with Crippen LogP contribution < -0.4 is 4.74 Å². The first-order valence-corrected chi connectivity index (χ1v) is 12.6. The van der Waals surface area contributed by atoms with Gasteiger partial charge < -0.3 is 4.74 Å². The number of allylic oxidation sites excluding steroid dienone is 4. The van der Waals surface area contributed by atoms with Crippen molar-refractivity contribution < 1.29 is 22.3 Å². The van der Waals surface area contributed by atoms with E-state index in [-0.39, 0.29) is 5.75 Å². The molecule has 2 nitrogen and oxygen atoms in total. The van der Waals surface area contributed by atoms with Crippen molar-refractivity contribution in [2.75, 3.05) is 0 Å². The number of ether oxygens (including phenoxy) is 1. The van der Waals surface area contributed by atoms with E-state index in [1.807, 2.05) is 0 Å². The smallest absolute Gasteiger partial charge is 0.406 e. The SMILES string of the molecule is N#C/C(F)=C/C=C/C1CCC(C2CCC(CCCCc3ccc(OC(F)(F)F)cc3)CC2)CC1. The van der Waals surface area contributed by atoms with Gasteiger partial charge in [-0.05, 0) is 98.8 Å². The van der Waals surface area contributed by atoms with E-state index in [0.717, 1.165) is 55.4 Å². The monoisotopic (exact) mass is 477 g/mol. The summed E-state index contributed by atoms with van der Waals surface area (Å²) in [4.78, 5) is 0. The maximum Gasteiger partial charge on any atom is 0.573 e. The number of aryl methyl sites for hydroxylation is 1. The number of benzene rings is 1. The van der Waals surface area contributed by atoms with Crippen LogP contribution in [0.1, 0.15) is 76.2 Å². The fourth-order valence-corrected chi connectivity index (χ4v) is 5.71. The molecule has 0 N–H and O–H groups in total. The van der Waals surface area contributed by atoms with Gasteiger partial charge in [-0.1, -0.05) is 50.0 Å². The zero-order valence-electron chi connectivity index (χ0n) is 19.7. The lowest BCUT2D eigenvalue weighted by molar-refractivity contribution is -0.274. The van der Waals surface area contributed by atoms with Gasteiger partial charge in [-0.2, -0.15) is 9.65 Å². The van der Waals surface area contributed by atoms with Crippen molar-refractivity contribution in [3.63, 3.8) is 0 Å². The number of halogens is 4. The van der Waals surface area contributed by atoms with Gasteiger partial charge in [-0.3, -0.25) is 0 Å². The summed E-state index contributed by atoms with van der Waals surface area (Å²) in [6, 6.07) is 7.71. The molecular formula is C28H35F4NO. The summed E-state index contributed by atoms with van der Waals surface area (Å²) in [6.45, 7) is 0. The molecule has 3 rings (SSSR count). The molecule has 186 valence electrons. The quantitative estimate of drug-likeness (QED) is 0.154. The number of alkyl halides is 3. The van der Waals surface area contributed by atoms with Crippen LogP contribution in [-0.4, -0.2) is 6.36 Å². The second-order valence-corrected chi connectivity index (χ2v) is 9.90. The van der Waals surface area contributed by atoms with Gasteiger partial charge in [0.2, 0.25) is 0 Å². The molecule has 0 heterocycles. The summed E-state index contributed by atoms with van der Waals surface area (Å²) >= 11 is 0. The average Bonchev–Trinajstić information content (AvgIpc) is 2.82. The Morgan fingerprint density at radius 2 is 1.56 bits per heavy atom. The lowest BCUT2D eigenvalue weighted by Crippen LogP contribution is -2.25. The number of hydrogen-bond acceptors (Lipinski definition) is 2. The van der Waals surface area contributed by atoms with Crippen molar-refractivity contribution >= 4 is 0 Å². The number of unbranched alkanes of at least 4 members (excludes halogenated alkanes) is 1. The van der Waals surface area contributed by atoms with Crippen LogP contribution in [0.15, 0.2) is 48.3 Å². The maximum atomic E-state index is 12.9. The molecule has 2 aliphatic carbocycles. The fourth-order valence-electron chi connectivity index (χ4n) is 5.71. The number of rotatable bonds is 9. The number of nitrogens with zero attached hydrogens (tertiary/aromatic N) is 1. The van der Waals surface area contributed by atoms with Crippen LogP contribution in [0.5, 0.6) is 5.75 Å². The van der Waals surface area contributed by atoms with Gasteiger partial charge in [0.25, 0.3) is 0 Å². The predicted molar refractivity (Wildman–Crippen MR) is 126 cm³/mol. The third kappa shape index (κ3) is 9.16. The van der Waals surface area contributed by atoms with Gasteiger partial charge >= 0.3 is 6.36 Å². The van der Waals surface area contributed by atoms with Crippen molar-refractivity contribution in [1.82, 2.24) is 0 Å². The molecule has 0 aromatic heterocycles. The third-order valence-corrected chi connectivity index (χ3v) is 7.59. The van der Waals surface area contributed by atoms with Crippen LogP contribution in [0.25, 0.3) is 0 Å². The predicted octanol–water partition coefficient (Wildman–Crippen LogP) is 8.84. The Morgan fingerprint density at radius 1 is 0.941 bits per heavy atom. The van der Waals surface area contributed by atoms with E-state index in [1.165, 1.54) is 69.2 Å². The molecule has 2 saturated carbocycles. The van der Waals surface area contributed by atoms with Crippen LogP contribution >= 0.6 is 0 Å². The van der Waals surface area contributed by atoms with Crippen molar-refractivity contribution in [1.29, 1.82) is 5.26 Å². The Labute approximate surface area is 200 Å². The fraction of sp³-hybridized carbons (Fsp3) is 0.607. The highest BCUT2D eigenvalue weighted by molar-refractivity contribution is 5.27. The van der Waals surface area contributed by atoms with Gasteiger partial charge in [0.05, 0.1) is 0 Å². The topological polar surface area (TPSA) is 33.0 Å². The van der Waals surface area contributed by atoms with Crippen molar-refractivity contribution in [2.24, 2.45) is 23.7 Å². The van der Waals surface area contributed by atoms with Gasteiger partial charge in [-0.15, -0.1) is 13.2 Å². The zero-order chi connectivity index (χ0) is 24.4. The van der Waals surface area contributed by atoms with Crippen LogP contribution in [0.4, 0.5) is 17.6 Å². The molecule has 1 aromatic rings. The van der Waals surface area contributed by atoms with Gasteiger partial charge in [0, 0.05) is 0 Å². The van der Waals surface area contributed by atoms with E-state index in [9.17, 15) is 17.6 Å². The first kappa shape index (κ1) is 26.3. The molecule has 34 heavy (non-hydrogen) atoms. The summed E-state index contributed by atoms with van der Waals surface area (Å²) in [5, 5.41) is 8.45. The second-order valence-electron chi connectivity index (χ2n) is 9.90. The summed E-state index contributed by atoms with van der Waals surface area (Å²) in [7, 11) is 0. The minimum absolute atomic E-state index is 0.166. The highest BCUT2D eigenvalue weighted by atomic mass is 19.4. The molecule has 6 heteroatoms. The molecule has 0 atom stereocenters. The van der Waals surface area contributed by atoms with E-state index in [4.69, 9.17) is 5.26 Å². The normalized spacial score (nSPS) is 26.4. The van der Waals surface area contributed by atoms with Crippen molar-refractivity contribution in [3.05, 3.63) is 53.9 Å². The summed E-state index contributed by atoms with van der Waals surface area (Å²) in [5.41, 5.74) is 1.05.